The predicted molar refractivity (Wildman–Crippen MR) is 94.5 cm³/mol. The summed E-state index contributed by atoms with van der Waals surface area (Å²) in [5, 5.41) is 9.36. The van der Waals surface area contributed by atoms with Crippen LogP contribution < -0.4 is 4.90 Å². The number of aliphatic hydroxyl groups excluding tert-OH is 1. The fourth-order valence-corrected chi connectivity index (χ4v) is 4.15. The van der Waals surface area contributed by atoms with Crippen LogP contribution in [0.5, 0.6) is 0 Å². The molecule has 27 heavy (non-hydrogen) atoms. The summed E-state index contributed by atoms with van der Waals surface area (Å²) in [5.74, 6) is 1.51. The van der Waals surface area contributed by atoms with E-state index in [2.05, 4.69) is 14.5 Å². The highest BCUT2D eigenvalue weighted by atomic mass is 19.4. The standard InChI is InChI=1S/C19H23F3N4O/c20-19(21,22)16-8-13(12-27)9-17(24-16)25-6-3-4-14(11-25)18-23-10-15-5-1-2-7-26(15)18/h8-10,14,27H,1-7,11-12H2. The van der Waals surface area contributed by atoms with Gasteiger partial charge in [-0.3, -0.25) is 0 Å². The molecule has 0 bridgehead atoms. The molecule has 2 aromatic heterocycles. The number of aliphatic hydroxyl groups is 1. The number of rotatable bonds is 3. The Kier molecular flexibility index (Phi) is 4.84. The lowest BCUT2D eigenvalue weighted by Crippen LogP contribution is -2.36. The lowest BCUT2D eigenvalue weighted by molar-refractivity contribution is -0.141. The number of hydrogen-bond acceptors (Lipinski definition) is 4. The van der Waals surface area contributed by atoms with E-state index in [4.69, 9.17) is 0 Å². The Bertz CT molecular complexity index is 818. The fraction of sp³-hybridized carbons (Fsp3) is 0.579. The Balaban J connectivity index is 1.61. The van der Waals surface area contributed by atoms with E-state index in [1.54, 1.807) is 6.07 Å². The molecule has 4 heterocycles. The molecule has 0 aliphatic carbocycles. The summed E-state index contributed by atoms with van der Waals surface area (Å²) < 4.78 is 41.8. The first kappa shape index (κ1) is 18.3. The molecule has 8 heteroatoms. The average molecular weight is 380 g/mol. The Labute approximate surface area is 155 Å². The molecule has 1 fully saturated rings. The van der Waals surface area contributed by atoms with Crippen LogP contribution in [0, 0.1) is 0 Å². The molecule has 2 aromatic rings. The van der Waals surface area contributed by atoms with Crippen molar-refractivity contribution < 1.29 is 18.3 Å². The van der Waals surface area contributed by atoms with Crippen molar-refractivity contribution in [1.29, 1.82) is 0 Å². The number of aromatic nitrogens is 3. The monoisotopic (exact) mass is 380 g/mol. The van der Waals surface area contributed by atoms with Crippen LogP contribution in [0.2, 0.25) is 0 Å². The first-order valence-electron chi connectivity index (χ1n) is 9.44. The molecule has 0 spiro atoms. The third kappa shape index (κ3) is 3.67. The molecular weight excluding hydrogens is 357 g/mol. The van der Waals surface area contributed by atoms with Crippen molar-refractivity contribution in [2.24, 2.45) is 0 Å². The molecule has 1 N–H and O–H groups in total. The number of imidazole rings is 1. The van der Waals surface area contributed by atoms with Gasteiger partial charge in [0.15, 0.2) is 0 Å². The molecular formula is C19H23F3N4O. The zero-order valence-electron chi connectivity index (χ0n) is 15.0. The summed E-state index contributed by atoms with van der Waals surface area (Å²) in [6.07, 6.45) is 2.62. The van der Waals surface area contributed by atoms with Crippen molar-refractivity contribution in [2.45, 2.75) is 57.3 Å². The van der Waals surface area contributed by atoms with Crippen molar-refractivity contribution in [3.8, 4) is 0 Å². The van der Waals surface area contributed by atoms with E-state index in [0.29, 0.717) is 13.1 Å². The summed E-state index contributed by atoms with van der Waals surface area (Å²) in [5.41, 5.74) is 0.533. The van der Waals surface area contributed by atoms with E-state index in [1.807, 2.05) is 11.1 Å². The minimum absolute atomic E-state index is 0.180. The number of anilines is 1. The summed E-state index contributed by atoms with van der Waals surface area (Å²) >= 11 is 0. The van der Waals surface area contributed by atoms with Gasteiger partial charge in [0.25, 0.3) is 0 Å². The second kappa shape index (κ2) is 7.14. The normalized spacial score (nSPS) is 20.6. The summed E-state index contributed by atoms with van der Waals surface area (Å²) in [6, 6.07) is 2.47. The van der Waals surface area contributed by atoms with Gasteiger partial charge >= 0.3 is 6.18 Å². The van der Waals surface area contributed by atoms with Gasteiger partial charge in [-0.05, 0) is 49.8 Å². The van der Waals surface area contributed by atoms with Crippen LogP contribution in [-0.4, -0.2) is 32.7 Å². The number of nitrogens with zero attached hydrogens (tertiary/aromatic N) is 4. The molecule has 0 aromatic carbocycles. The molecule has 1 atom stereocenters. The Morgan fingerprint density at radius 2 is 2.00 bits per heavy atom. The van der Waals surface area contributed by atoms with Crippen LogP contribution in [0.25, 0.3) is 0 Å². The minimum Gasteiger partial charge on any atom is -0.392 e. The van der Waals surface area contributed by atoms with E-state index in [9.17, 15) is 18.3 Å². The molecule has 2 aliphatic rings. The van der Waals surface area contributed by atoms with Crippen LogP contribution in [-0.2, 0) is 25.7 Å². The maximum Gasteiger partial charge on any atom is 0.433 e. The van der Waals surface area contributed by atoms with Gasteiger partial charge < -0.3 is 14.6 Å². The SMILES string of the molecule is OCc1cc(N2CCCC(c3ncc4n3CCCC4)C2)nc(C(F)(F)F)c1. The highest BCUT2D eigenvalue weighted by Crippen LogP contribution is 2.34. The first-order valence-corrected chi connectivity index (χ1v) is 9.44. The van der Waals surface area contributed by atoms with Gasteiger partial charge in [-0.1, -0.05) is 0 Å². The smallest absolute Gasteiger partial charge is 0.392 e. The number of alkyl halides is 3. The zero-order chi connectivity index (χ0) is 19.0. The van der Waals surface area contributed by atoms with Gasteiger partial charge in [-0.15, -0.1) is 0 Å². The largest absolute Gasteiger partial charge is 0.433 e. The fourth-order valence-electron chi connectivity index (χ4n) is 4.15. The van der Waals surface area contributed by atoms with E-state index < -0.39 is 18.5 Å². The number of piperidine rings is 1. The van der Waals surface area contributed by atoms with Gasteiger partial charge in [0.2, 0.25) is 0 Å². The van der Waals surface area contributed by atoms with Crippen LogP contribution in [0.3, 0.4) is 0 Å². The van der Waals surface area contributed by atoms with Crippen LogP contribution in [0.4, 0.5) is 19.0 Å². The van der Waals surface area contributed by atoms with E-state index in [1.165, 1.54) is 12.1 Å². The lowest BCUT2D eigenvalue weighted by atomic mass is 9.96. The summed E-state index contributed by atoms with van der Waals surface area (Å²) in [6.45, 7) is 1.78. The maximum absolute atomic E-state index is 13.2. The van der Waals surface area contributed by atoms with Gasteiger partial charge in [-0.25, -0.2) is 9.97 Å². The molecule has 0 radical (unpaired) electrons. The second-order valence-electron chi connectivity index (χ2n) is 7.38. The second-order valence-corrected chi connectivity index (χ2v) is 7.38. The number of hydrogen-bond donors (Lipinski definition) is 1. The number of aryl methyl sites for hydroxylation is 1. The van der Waals surface area contributed by atoms with Gasteiger partial charge in [0, 0.05) is 37.4 Å². The maximum atomic E-state index is 13.2. The highest BCUT2D eigenvalue weighted by molar-refractivity contribution is 5.44. The summed E-state index contributed by atoms with van der Waals surface area (Å²) in [4.78, 5) is 10.4. The van der Waals surface area contributed by atoms with Crippen molar-refractivity contribution >= 4 is 5.82 Å². The summed E-state index contributed by atoms with van der Waals surface area (Å²) in [7, 11) is 0. The molecule has 1 unspecified atom stereocenters. The zero-order valence-corrected chi connectivity index (χ0v) is 15.0. The Morgan fingerprint density at radius 3 is 2.78 bits per heavy atom. The molecule has 146 valence electrons. The number of halogens is 3. The third-order valence-electron chi connectivity index (χ3n) is 5.49. The van der Waals surface area contributed by atoms with Crippen LogP contribution in [0.15, 0.2) is 18.3 Å². The van der Waals surface area contributed by atoms with E-state index in [-0.39, 0.29) is 17.3 Å². The molecule has 0 amide bonds. The van der Waals surface area contributed by atoms with Crippen LogP contribution >= 0.6 is 0 Å². The third-order valence-corrected chi connectivity index (χ3v) is 5.49. The van der Waals surface area contributed by atoms with E-state index >= 15 is 0 Å². The van der Waals surface area contributed by atoms with Crippen LogP contribution in [0.1, 0.15) is 54.4 Å². The van der Waals surface area contributed by atoms with Crippen molar-refractivity contribution in [2.75, 3.05) is 18.0 Å². The minimum atomic E-state index is -4.53. The Hall–Kier alpha value is -2.09. The number of fused-ring (bicyclic) bond motifs is 1. The quantitative estimate of drug-likeness (QED) is 0.885. The van der Waals surface area contributed by atoms with Crippen molar-refractivity contribution in [1.82, 2.24) is 14.5 Å². The van der Waals surface area contributed by atoms with Gasteiger partial charge in [-0.2, -0.15) is 13.2 Å². The van der Waals surface area contributed by atoms with Crippen molar-refractivity contribution in [3.63, 3.8) is 0 Å². The Morgan fingerprint density at radius 1 is 1.15 bits per heavy atom. The van der Waals surface area contributed by atoms with E-state index in [0.717, 1.165) is 44.1 Å². The molecule has 1 saturated heterocycles. The predicted octanol–water partition coefficient (Wildman–Crippen LogP) is 3.51. The van der Waals surface area contributed by atoms with Gasteiger partial charge in [0.1, 0.15) is 17.3 Å². The lowest BCUT2D eigenvalue weighted by Gasteiger charge is -2.34. The average Bonchev–Trinajstić information content (AvgIpc) is 3.11. The molecule has 4 rings (SSSR count). The number of pyridine rings is 1. The van der Waals surface area contributed by atoms with Crippen molar-refractivity contribution in [3.05, 3.63) is 41.1 Å². The highest BCUT2D eigenvalue weighted by Gasteiger charge is 2.34. The molecule has 2 aliphatic heterocycles. The molecule has 5 nitrogen and oxygen atoms in total. The first-order chi connectivity index (χ1) is 13.0. The molecule has 0 saturated carbocycles. The topological polar surface area (TPSA) is 54.2 Å². The van der Waals surface area contributed by atoms with Gasteiger partial charge in [0.05, 0.1) is 6.61 Å².